The first-order chi connectivity index (χ1) is 12.0. The summed E-state index contributed by atoms with van der Waals surface area (Å²) in [6.07, 6.45) is 3.38. The normalized spacial score (nSPS) is 15.6. The molecule has 25 heavy (non-hydrogen) atoms. The summed E-state index contributed by atoms with van der Waals surface area (Å²) in [4.78, 5) is 25.6. The number of nitrogens with zero attached hydrogens (tertiary/aromatic N) is 2. The molecule has 0 unspecified atom stereocenters. The van der Waals surface area contributed by atoms with Gasteiger partial charge in [0.1, 0.15) is 6.54 Å². The van der Waals surface area contributed by atoms with Crippen LogP contribution in [0.25, 0.3) is 0 Å². The Hall–Kier alpha value is -2.57. The van der Waals surface area contributed by atoms with E-state index in [0.717, 1.165) is 24.8 Å². The average Bonchev–Trinajstić information content (AvgIpc) is 2.83. The number of nitrogens with one attached hydrogen (secondary N) is 1. The zero-order valence-electron chi connectivity index (χ0n) is 15.0. The second-order valence-electron chi connectivity index (χ2n) is 5.93. The third kappa shape index (κ3) is 5.20. The van der Waals surface area contributed by atoms with E-state index in [-0.39, 0.29) is 18.4 Å². The third-order valence-electron chi connectivity index (χ3n) is 4.16. The number of rotatable bonds is 6. The minimum atomic E-state index is -0.296. The molecule has 1 aromatic rings. The molecule has 0 aliphatic carbocycles. The maximum atomic E-state index is 12.1. The van der Waals surface area contributed by atoms with Crippen molar-refractivity contribution in [2.45, 2.75) is 32.6 Å². The van der Waals surface area contributed by atoms with Crippen LogP contribution in [0, 0.1) is 0 Å². The molecule has 7 nitrogen and oxygen atoms in total. The highest BCUT2D eigenvalue weighted by molar-refractivity contribution is 6.00. The van der Waals surface area contributed by atoms with Crippen LogP contribution in [0.5, 0.6) is 11.5 Å². The third-order valence-corrected chi connectivity index (χ3v) is 4.16. The minimum absolute atomic E-state index is 0.0354. The van der Waals surface area contributed by atoms with Gasteiger partial charge in [0.15, 0.2) is 11.5 Å². The molecule has 1 aromatic carbocycles. The number of carbonyl (C=O) groups excluding carboxylic acids is 2. The first-order valence-corrected chi connectivity index (χ1v) is 8.38. The second kappa shape index (κ2) is 9.05. The molecular weight excluding hydrogens is 322 g/mol. The van der Waals surface area contributed by atoms with Crippen molar-refractivity contribution in [3.63, 3.8) is 0 Å². The number of hydrazone groups is 1. The predicted octanol–water partition coefficient (Wildman–Crippen LogP) is 1.95. The molecule has 1 aliphatic heterocycles. The number of methoxy groups -OCH3 is 2. The molecule has 1 saturated heterocycles. The smallest absolute Gasteiger partial charge is 0.259 e. The van der Waals surface area contributed by atoms with Gasteiger partial charge in [0, 0.05) is 18.5 Å². The van der Waals surface area contributed by atoms with Crippen molar-refractivity contribution in [3.8, 4) is 11.5 Å². The van der Waals surface area contributed by atoms with E-state index in [1.807, 2.05) is 6.07 Å². The van der Waals surface area contributed by atoms with Crippen LogP contribution in [0.2, 0.25) is 0 Å². The van der Waals surface area contributed by atoms with Gasteiger partial charge in [0.25, 0.3) is 5.91 Å². The maximum Gasteiger partial charge on any atom is 0.259 e. The molecule has 0 bridgehead atoms. The number of carbonyl (C=O) groups is 2. The van der Waals surface area contributed by atoms with Gasteiger partial charge < -0.3 is 14.4 Å². The van der Waals surface area contributed by atoms with Crippen LogP contribution in [-0.2, 0) is 9.59 Å². The zero-order chi connectivity index (χ0) is 18.2. The van der Waals surface area contributed by atoms with Gasteiger partial charge in [-0.2, -0.15) is 5.10 Å². The highest BCUT2D eigenvalue weighted by Crippen LogP contribution is 2.27. The number of benzene rings is 1. The molecule has 1 N–H and O–H groups in total. The van der Waals surface area contributed by atoms with Crippen LogP contribution in [0.15, 0.2) is 23.3 Å². The lowest BCUT2D eigenvalue weighted by molar-refractivity contribution is -0.135. The highest BCUT2D eigenvalue weighted by atomic mass is 16.5. The van der Waals surface area contributed by atoms with Gasteiger partial charge in [-0.25, -0.2) is 5.43 Å². The largest absolute Gasteiger partial charge is 0.493 e. The lowest BCUT2D eigenvalue weighted by atomic mass is 10.1. The molecule has 1 fully saturated rings. The Kier molecular flexibility index (Phi) is 6.80. The van der Waals surface area contributed by atoms with Crippen molar-refractivity contribution in [3.05, 3.63) is 23.8 Å². The van der Waals surface area contributed by atoms with Crippen molar-refractivity contribution in [2.24, 2.45) is 5.10 Å². The van der Waals surface area contributed by atoms with Gasteiger partial charge in [0.2, 0.25) is 5.91 Å². The Balaban J connectivity index is 1.98. The Morgan fingerprint density at radius 1 is 1.20 bits per heavy atom. The van der Waals surface area contributed by atoms with E-state index in [0.29, 0.717) is 30.2 Å². The van der Waals surface area contributed by atoms with Crippen LogP contribution >= 0.6 is 0 Å². The molecule has 2 amide bonds. The summed E-state index contributed by atoms with van der Waals surface area (Å²) in [6, 6.07) is 5.41. The SMILES string of the molecule is COc1ccc(/C(C)=N\NC(=O)CN2CCCCCC2=O)cc1OC. The Bertz CT molecular complexity index is 658. The lowest BCUT2D eigenvalue weighted by Crippen LogP contribution is -2.39. The number of hydrogen-bond acceptors (Lipinski definition) is 5. The standard InChI is InChI=1S/C18H25N3O4/c1-13(14-8-9-15(24-2)16(11-14)25-3)19-20-17(22)12-21-10-6-4-5-7-18(21)23/h8-9,11H,4-7,10,12H2,1-3H3,(H,20,22)/b19-13-. The summed E-state index contributed by atoms with van der Waals surface area (Å²) in [6.45, 7) is 2.46. The van der Waals surface area contributed by atoms with Crippen LogP contribution in [0.3, 0.4) is 0 Å². The Morgan fingerprint density at radius 3 is 2.68 bits per heavy atom. The van der Waals surface area contributed by atoms with Gasteiger partial charge in [-0.3, -0.25) is 9.59 Å². The van der Waals surface area contributed by atoms with E-state index in [1.54, 1.807) is 38.2 Å². The highest BCUT2D eigenvalue weighted by Gasteiger charge is 2.19. The molecule has 7 heteroatoms. The van der Waals surface area contributed by atoms with Crippen molar-refractivity contribution in [1.82, 2.24) is 10.3 Å². The molecule has 1 aliphatic rings. The van der Waals surface area contributed by atoms with E-state index in [4.69, 9.17) is 9.47 Å². The lowest BCUT2D eigenvalue weighted by Gasteiger charge is -2.19. The molecular formula is C18H25N3O4. The molecule has 136 valence electrons. The monoisotopic (exact) mass is 347 g/mol. The fraction of sp³-hybridized carbons (Fsp3) is 0.500. The molecule has 0 aromatic heterocycles. The van der Waals surface area contributed by atoms with E-state index in [9.17, 15) is 9.59 Å². The number of likely N-dealkylation sites (tertiary alicyclic amines) is 1. The number of hydrogen-bond donors (Lipinski definition) is 1. The minimum Gasteiger partial charge on any atom is -0.493 e. The molecule has 0 saturated carbocycles. The van der Waals surface area contributed by atoms with E-state index < -0.39 is 0 Å². The van der Waals surface area contributed by atoms with E-state index >= 15 is 0 Å². The van der Waals surface area contributed by atoms with Crippen molar-refractivity contribution < 1.29 is 19.1 Å². The number of amides is 2. The van der Waals surface area contributed by atoms with Crippen molar-refractivity contribution >= 4 is 17.5 Å². The van der Waals surface area contributed by atoms with E-state index in [2.05, 4.69) is 10.5 Å². The average molecular weight is 347 g/mol. The number of ether oxygens (including phenoxy) is 2. The summed E-state index contributed by atoms with van der Waals surface area (Å²) >= 11 is 0. The summed E-state index contributed by atoms with van der Waals surface area (Å²) in [5, 5.41) is 4.12. The Morgan fingerprint density at radius 2 is 1.96 bits per heavy atom. The molecule has 0 atom stereocenters. The van der Waals surface area contributed by atoms with E-state index in [1.165, 1.54) is 0 Å². The predicted molar refractivity (Wildman–Crippen MR) is 94.9 cm³/mol. The van der Waals surface area contributed by atoms with Gasteiger partial charge in [0.05, 0.1) is 19.9 Å². The summed E-state index contributed by atoms with van der Waals surface area (Å²) in [5.74, 6) is 0.960. The quantitative estimate of drug-likeness (QED) is 0.630. The van der Waals surface area contributed by atoms with Gasteiger partial charge in [-0.05, 0) is 38.0 Å². The zero-order valence-corrected chi connectivity index (χ0v) is 15.0. The van der Waals surface area contributed by atoms with Crippen LogP contribution in [0.4, 0.5) is 0 Å². The molecule has 0 spiro atoms. The summed E-state index contributed by atoms with van der Waals surface area (Å²) < 4.78 is 10.5. The van der Waals surface area contributed by atoms with Gasteiger partial charge in [-0.1, -0.05) is 6.42 Å². The van der Waals surface area contributed by atoms with Crippen LogP contribution < -0.4 is 14.9 Å². The Labute approximate surface area is 148 Å². The van der Waals surface area contributed by atoms with Crippen molar-refractivity contribution in [2.75, 3.05) is 27.3 Å². The van der Waals surface area contributed by atoms with Gasteiger partial charge >= 0.3 is 0 Å². The first kappa shape index (κ1) is 18.8. The summed E-state index contributed by atoms with van der Waals surface area (Å²) in [7, 11) is 3.14. The van der Waals surface area contributed by atoms with Crippen LogP contribution in [-0.4, -0.2) is 49.7 Å². The molecule has 1 heterocycles. The topological polar surface area (TPSA) is 80.2 Å². The summed E-state index contributed by atoms with van der Waals surface area (Å²) in [5.41, 5.74) is 3.96. The fourth-order valence-electron chi connectivity index (χ4n) is 2.69. The maximum absolute atomic E-state index is 12.1. The molecule has 2 rings (SSSR count). The fourth-order valence-corrected chi connectivity index (χ4v) is 2.69. The van der Waals surface area contributed by atoms with Crippen LogP contribution in [0.1, 0.15) is 38.2 Å². The molecule has 0 radical (unpaired) electrons. The first-order valence-electron chi connectivity index (χ1n) is 8.38. The second-order valence-corrected chi connectivity index (χ2v) is 5.93. The van der Waals surface area contributed by atoms with Crippen molar-refractivity contribution in [1.29, 1.82) is 0 Å². The van der Waals surface area contributed by atoms with Gasteiger partial charge in [-0.15, -0.1) is 0 Å².